The van der Waals surface area contributed by atoms with Crippen LogP contribution in [-0.4, -0.2) is 19.7 Å². The molecule has 0 aromatic carbocycles. The molecule has 0 saturated heterocycles. The van der Waals surface area contributed by atoms with Gasteiger partial charge in [-0.2, -0.15) is 5.10 Å². The summed E-state index contributed by atoms with van der Waals surface area (Å²) in [7, 11) is 0. The Bertz CT molecular complexity index is 749. The molecule has 0 aliphatic heterocycles. The molecule has 3 aromatic heterocycles. The average Bonchev–Trinajstić information content (AvgIpc) is 2.77. The van der Waals surface area contributed by atoms with Crippen LogP contribution in [0.5, 0.6) is 0 Å². The zero-order valence-electron chi connectivity index (χ0n) is 11.5. The Balaban J connectivity index is 2.12. The molecule has 3 rings (SSSR count). The summed E-state index contributed by atoms with van der Waals surface area (Å²) in [5.41, 5.74) is 3.95. The topological polar surface area (TPSA) is 43.6 Å². The van der Waals surface area contributed by atoms with E-state index in [4.69, 9.17) is 11.6 Å². The molecule has 0 saturated carbocycles. The molecule has 0 unspecified atom stereocenters. The van der Waals surface area contributed by atoms with Crippen LogP contribution in [0.25, 0.3) is 11.0 Å². The van der Waals surface area contributed by atoms with E-state index in [-0.39, 0.29) is 0 Å². The Kier molecular flexibility index (Phi) is 3.40. The lowest BCUT2D eigenvalue weighted by Crippen LogP contribution is -2.03. The van der Waals surface area contributed by atoms with E-state index >= 15 is 0 Å². The number of fused-ring (bicyclic) bond motifs is 1. The van der Waals surface area contributed by atoms with Gasteiger partial charge in [0, 0.05) is 18.6 Å². The monoisotopic (exact) mass is 286 g/mol. The zero-order chi connectivity index (χ0) is 14.1. The summed E-state index contributed by atoms with van der Waals surface area (Å²) in [6, 6.07) is 3.95. The van der Waals surface area contributed by atoms with Crippen molar-refractivity contribution in [2.75, 3.05) is 0 Å². The minimum Gasteiger partial charge on any atom is -0.265 e. The normalized spacial score (nSPS) is 11.2. The molecule has 0 aliphatic rings. The Morgan fingerprint density at radius 3 is 2.70 bits per heavy atom. The predicted molar refractivity (Wildman–Crippen MR) is 80.0 cm³/mol. The maximum atomic E-state index is 6.46. The third kappa shape index (κ3) is 2.16. The summed E-state index contributed by atoms with van der Waals surface area (Å²) in [4.78, 5) is 8.56. The fourth-order valence-electron chi connectivity index (χ4n) is 2.33. The molecular weight excluding hydrogens is 272 g/mol. The highest BCUT2D eigenvalue weighted by molar-refractivity contribution is 6.36. The van der Waals surface area contributed by atoms with Crippen molar-refractivity contribution in [3.05, 3.63) is 52.6 Å². The van der Waals surface area contributed by atoms with Crippen molar-refractivity contribution in [3.8, 4) is 0 Å². The molecule has 20 heavy (non-hydrogen) atoms. The van der Waals surface area contributed by atoms with Crippen molar-refractivity contribution in [1.82, 2.24) is 19.7 Å². The second-order valence-electron chi connectivity index (χ2n) is 4.75. The summed E-state index contributed by atoms with van der Waals surface area (Å²) in [5.74, 6) is 0. The molecule has 0 N–H and O–H groups in total. The SMILES string of the molecule is CCc1cnc2c(c(C)nn2Cc2ccncc2)c1Cl. The molecule has 0 spiro atoms. The zero-order valence-corrected chi connectivity index (χ0v) is 12.2. The number of hydrogen-bond donors (Lipinski definition) is 0. The molecule has 0 amide bonds. The highest BCUT2D eigenvalue weighted by atomic mass is 35.5. The van der Waals surface area contributed by atoms with E-state index in [2.05, 4.69) is 22.0 Å². The van der Waals surface area contributed by atoms with Crippen LogP contribution in [0.15, 0.2) is 30.7 Å². The van der Waals surface area contributed by atoms with Crippen LogP contribution in [0.3, 0.4) is 0 Å². The van der Waals surface area contributed by atoms with Gasteiger partial charge in [0.05, 0.1) is 22.6 Å². The first kappa shape index (κ1) is 13.1. The number of hydrogen-bond acceptors (Lipinski definition) is 3. The Hall–Kier alpha value is -1.94. The van der Waals surface area contributed by atoms with Gasteiger partial charge in [0.15, 0.2) is 5.65 Å². The molecular formula is C15H15ClN4. The van der Waals surface area contributed by atoms with Crippen LogP contribution in [0.4, 0.5) is 0 Å². The maximum Gasteiger partial charge on any atom is 0.159 e. The summed E-state index contributed by atoms with van der Waals surface area (Å²) in [5, 5.41) is 6.30. The third-order valence-corrected chi connectivity index (χ3v) is 3.84. The van der Waals surface area contributed by atoms with E-state index in [0.717, 1.165) is 39.3 Å². The minimum absolute atomic E-state index is 0.668. The lowest BCUT2D eigenvalue weighted by atomic mass is 10.1. The highest BCUT2D eigenvalue weighted by Crippen LogP contribution is 2.28. The van der Waals surface area contributed by atoms with Crippen LogP contribution in [0.2, 0.25) is 5.02 Å². The molecule has 102 valence electrons. The Morgan fingerprint density at radius 1 is 1.25 bits per heavy atom. The van der Waals surface area contributed by atoms with Gasteiger partial charge in [-0.1, -0.05) is 18.5 Å². The standard InChI is InChI=1S/C15H15ClN4/c1-3-12-8-18-15-13(14(12)16)10(2)19-20(15)9-11-4-6-17-7-5-11/h4-8H,3,9H2,1-2H3. The van der Waals surface area contributed by atoms with Gasteiger partial charge in [0.25, 0.3) is 0 Å². The van der Waals surface area contributed by atoms with Crippen molar-refractivity contribution in [2.24, 2.45) is 0 Å². The van der Waals surface area contributed by atoms with Crippen LogP contribution in [0.1, 0.15) is 23.7 Å². The molecule has 0 radical (unpaired) electrons. The van der Waals surface area contributed by atoms with Gasteiger partial charge in [-0.15, -0.1) is 0 Å². The molecule has 0 fully saturated rings. The van der Waals surface area contributed by atoms with Gasteiger partial charge >= 0.3 is 0 Å². The molecule has 5 heteroatoms. The third-order valence-electron chi connectivity index (χ3n) is 3.41. The Labute approximate surface area is 122 Å². The average molecular weight is 287 g/mol. The number of rotatable bonds is 3. The van der Waals surface area contributed by atoms with Crippen LogP contribution in [0, 0.1) is 6.92 Å². The van der Waals surface area contributed by atoms with Gasteiger partial charge in [-0.3, -0.25) is 4.98 Å². The van der Waals surface area contributed by atoms with Crippen molar-refractivity contribution >= 4 is 22.6 Å². The lowest BCUT2D eigenvalue weighted by molar-refractivity contribution is 0.695. The molecule has 3 aromatic rings. The van der Waals surface area contributed by atoms with Crippen molar-refractivity contribution < 1.29 is 0 Å². The number of aryl methyl sites for hydroxylation is 2. The molecule has 0 bridgehead atoms. The highest BCUT2D eigenvalue weighted by Gasteiger charge is 2.14. The quantitative estimate of drug-likeness (QED) is 0.741. The number of pyridine rings is 2. The van der Waals surface area contributed by atoms with Crippen molar-refractivity contribution in [3.63, 3.8) is 0 Å². The number of aromatic nitrogens is 4. The smallest absolute Gasteiger partial charge is 0.159 e. The van der Waals surface area contributed by atoms with E-state index in [1.165, 1.54) is 0 Å². The fourth-order valence-corrected chi connectivity index (χ4v) is 2.74. The van der Waals surface area contributed by atoms with Gasteiger partial charge in [-0.05, 0) is 36.6 Å². The van der Waals surface area contributed by atoms with Crippen molar-refractivity contribution in [2.45, 2.75) is 26.8 Å². The number of halogens is 1. The first-order valence-corrected chi connectivity index (χ1v) is 6.98. The Morgan fingerprint density at radius 2 is 2.00 bits per heavy atom. The molecule has 0 aliphatic carbocycles. The first-order valence-electron chi connectivity index (χ1n) is 6.60. The summed E-state index contributed by atoms with van der Waals surface area (Å²) in [6.07, 6.45) is 6.28. The van der Waals surface area contributed by atoms with E-state index in [9.17, 15) is 0 Å². The molecule has 4 nitrogen and oxygen atoms in total. The van der Waals surface area contributed by atoms with Gasteiger partial charge in [0.1, 0.15) is 0 Å². The first-order chi connectivity index (χ1) is 9.70. The van der Waals surface area contributed by atoms with Gasteiger partial charge < -0.3 is 0 Å². The fraction of sp³-hybridized carbons (Fsp3) is 0.267. The second-order valence-corrected chi connectivity index (χ2v) is 5.13. The molecule has 0 atom stereocenters. The van der Waals surface area contributed by atoms with E-state index in [1.54, 1.807) is 12.4 Å². The van der Waals surface area contributed by atoms with Crippen LogP contribution in [-0.2, 0) is 13.0 Å². The van der Waals surface area contributed by atoms with Crippen LogP contribution < -0.4 is 0 Å². The van der Waals surface area contributed by atoms with Gasteiger partial charge in [0.2, 0.25) is 0 Å². The predicted octanol–water partition coefficient (Wildman–Crippen LogP) is 3.40. The van der Waals surface area contributed by atoms with Gasteiger partial charge in [-0.25, -0.2) is 9.67 Å². The van der Waals surface area contributed by atoms with E-state index in [0.29, 0.717) is 6.54 Å². The summed E-state index contributed by atoms with van der Waals surface area (Å²) in [6.45, 7) is 4.71. The maximum absolute atomic E-state index is 6.46. The van der Waals surface area contributed by atoms with E-state index < -0.39 is 0 Å². The molecule has 3 heterocycles. The second kappa shape index (κ2) is 5.21. The largest absolute Gasteiger partial charge is 0.265 e. The summed E-state index contributed by atoms with van der Waals surface area (Å²) >= 11 is 6.46. The van der Waals surface area contributed by atoms with Crippen molar-refractivity contribution in [1.29, 1.82) is 0 Å². The lowest BCUT2D eigenvalue weighted by Gasteiger charge is -2.05. The number of nitrogens with zero attached hydrogens (tertiary/aromatic N) is 4. The van der Waals surface area contributed by atoms with E-state index in [1.807, 2.05) is 29.9 Å². The van der Waals surface area contributed by atoms with Crippen LogP contribution >= 0.6 is 11.6 Å². The summed E-state index contributed by atoms with van der Waals surface area (Å²) < 4.78 is 1.89. The minimum atomic E-state index is 0.668.